The molecule has 3 rings (SSSR count). The van der Waals surface area contributed by atoms with Crippen molar-refractivity contribution in [2.24, 2.45) is 0 Å². The van der Waals surface area contributed by atoms with Crippen molar-refractivity contribution in [2.75, 3.05) is 11.1 Å². The molecule has 0 saturated carbocycles. The second kappa shape index (κ2) is 5.59. The van der Waals surface area contributed by atoms with Crippen LogP contribution in [-0.2, 0) is 5.75 Å². The monoisotopic (exact) mass is 285 g/mol. The van der Waals surface area contributed by atoms with Crippen molar-refractivity contribution in [1.29, 1.82) is 0 Å². The van der Waals surface area contributed by atoms with E-state index in [0.29, 0.717) is 5.56 Å². The Bertz CT molecular complexity index is 625. The fourth-order valence-corrected chi connectivity index (χ4v) is 3.51. The van der Waals surface area contributed by atoms with Crippen molar-refractivity contribution in [3.8, 4) is 0 Å². The Morgan fingerprint density at radius 2 is 1.90 bits per heavy atom. The number of aromatic carboxylic acids is 1. The molecular weight excluding hydrogens is 270 g/mol. The second-order valence-electron chi connectivity index (χ2n) is 4.79. The van der Waals surface area contributed by atoms with E-state index >= 15 is 0 Å². The lowest BCUT2D eigenvalue weighted by molar-refractivity contribution is 0.0697. The topological polar surface area (TPSA) is 49.3 Å². The molecular formula is C16H15NO2S. The Morgan fingerprint density at radius 1 is 1.15 bits per heavy atom. The maximum atomic E-state index is 10.8. The van der Waals surface area contributed by atoms with E-state index in [1.807, 2.05) is 23.9 Å². The number of nitrogens with one attached hydrogen (secondary N) is 1. The third-order valence-corrected chi connectivity index (χ3v) is 4.53. The molecule has 1 aliphatic rings. The molecule has 0 aromatic heterocycles. The van der Waals surface area contributed by atoms with Crippen molar-refractivity contribution < 1.29 is 9.90 Å². The molecule has 0 saturated heterocycles. The molecule has 1 atom stereocenters. The zero-order chi connectivity index (χ0) is 13.9. The van der Waals surface area contributed by atoms with E-state index in [0.717, 1.165) is 17.2 Å². The lowest BCUT2D eigenvalue weighted by Gasteiger charge is -2.27. The Labute approximate surface area is 122 Å². The lowest BCUT2D eigenvalue weighted by atomic mass is 10.0. The van der Waals surface area contributed by atoms with Crippen molar-refractivity contribution >= 4 is 23.4 Å². The number of carbonyl (C=O) groups is 1. The van der Waals surface area contributed by atoms with Gasteiger partial charge in [0, 0.05) is 17.2 Å². The maximum absolute atomic E-state index is 10.8. The molecule has 0 spiro atoms. The third-order valence-electron chi connectivity index (χ3n) is 3.45. The summed E-state index contributed by atoms with van der Waals surface area (Å²) in [7, 11) is 0. The number of hydrogen-bond acceptors (Lipinski definition) is 3. The van der Waals surface area contributed by atoms with E-state index in [2.05, 4.69) is 29.6 Å². The maximum Gasteiger partial charge on any atom is 0.335 e. The predicted molar refractivity (Wildman–Crippen MR) is 82.4 cm³/mol. The minimum absolute atomic E-state index is 0.278. The average molecular weight is 285 g/mol. The first-order valence-electron chi connectivity index (χ1n) is 6.49. The SMILES string of the molecule is O=C(O)c1ccc(NC2CSCc3ccccc32)cc1. The number of carboxylic acid groups (broad SMARTS) is 1. The zero-order valence-corrected chi connectivity index (χ0v) is 11.7. The van der Waals surface area contributed by atoms with Gasteiger partial charge in [0.25, 0.3) is 0 Å². The van der Waals surface area contributed by atoms with Crippen LogP contribution < -0.4 is 5.32 Å². The van der Waals surface area contributed by atoms with Gasteiger partial charge in [-0.2, -0.15) is 11.8 Å². The highest BCUT2D eigenvalue weighted by molar-refractivity contribution is 7.98. The Morgan fingerprint density at radius 3 is 2.65 bits per heavy atom. The smallest absolute Gasteiger partial charge is 0.335 e. The van der Waals surface area contributed by atoms with Gasteiger partial charge in [-0.1, -0.05) is 24.3 Å². The summed E-state index contributed by atoms with van der Waals surface area (Å²) >= 11 is 1.92. The molecule has 0 amide bonds. The number of benzene rings is 2. The largest absolute Gasteiger partial charge is 0.478 e. The Balaban J connectivity index is 1.80. The van der Waals surface area contributed by atoms with Crippen molar-refractivity contribution in [3.63, 3.8) is 0 Å². The minimum Gasteiger partial charge on any atom is -0.478 e. The summed E-state index contributed by atoms with van der Waals surface area (Å²) in [4.78, 5) is 10.8. The molecule has 0 aliphatic carbocycles. The number of thioether (sulfide) groups is 1. The van der Waals surface area contributed by atoms with E-state index in [-0.39, 0.29) is 6.04 Å². The van der Waals surface area contributed by atoms with Crippen molar-refractivity contribution in [2.45, 2.75) is 11.8 Å². The molecule has 0 bridgehead atoms. The highest BCUT2D eigenvalue weighted by atomic mass is 32.2. The summed E-state index contributed by atoms with van der Waals surface area (Å²) in [5, 5.41) is 12.4. The van der Waals surface area contributed by atoms with Gasteiger partial charge in [-0.3, -0.25) is 0 Å². The molecule has 20 heavy (non-hydrogen) atoms. The van der Waals surface area contributed by atoms with Crippen LogP contribution >= 0.6 is 11.8 Å². The van der Waals surface area contributed by atoms with Gasteiger partial charge in [0.1, 0.15) is 0 Å². The summed E-state index contributed by atoms with van der Waals surface area (Å²) in [6, 6.07) is 15.7. The number of fused-ring (bicyclic) bond motifs is 1. The van der Waals surface area contributed by atoms with Gasteiger partial charge in [0.2, 0.25) is 0 Å². The van der Waals surface area contributed by atoms with Crippen LogP contribution in [0.5, 0.6) is 0 Å². The minimum atomic E-state index is -0.893. The van der Waals surface area contributed by atoms with Crippen LogP contribution in [0.25, 0.3) is 0 Å². The molecule has 2 N–H and O–H groups in total. The van der Waals surface area contributed by atoms with E-state index in [4.69, 9.17) is 5.11 Å². The predicted octanol–water partition coefficient (Wildman–Crippen LogP) is 3.78. The van der Waals surface area contributed by atoms with Gasteiger partial charge in [0.05, 0.1) is 11.6 Å². The number of rotatable bonds is 3. The van der Waals surface area contributed by atoms with Gasteiger partial charge in [-0.05, 0) is 35.4 Å². The van der Waals surface area contributed by atoms with Crippen molar-refractivity contribution in [1.82, 2.24) is 0 Å². The van der Waals surface area contributed by atoms with Gasteiger partial charge in [-0.25, -0.2) is 4.79 Å². The fraction of sp³-hybridized carbons (Fsp3) is 0.188. The van der Waals surface area contributed by atoms with E-state index < -0.39 is 5.97 Å². The van der Waals surface area contributed by atoms with Crippen LogP contribution in [0, 0.1) is 0 Å². The normalized spacial score (nSPS) is 17.3. The molecule has 1 unspecified atom stereocenters. The van der Waals surface area contributed by atoms with Crippen LogP contribution in [0.15, 0.2) is 48.5 Å². The number of carboxylic acids is 1. The van der Waals surface area contributed by atoms with E-state index in [1.54, 1.807) is 12.1 Å². The van der Waals surface area contributed by atoms with E-state index in [9.17, 15) is 4.79 Å². The molecule has 3 nitrogen and oxygen atoms in total. The van der Waals surface area contributed by atoms with Gasteiger partial charge in [-0.15, -0.1) is 0 Å². The molecule has 4 heteroatoms. The molecule has 0 fully saturated rings. The molecule has 2 aromatic rings. The molecule has 1 aliphatic heterocycles. The summed E-state index contributed by atoms with van der Waals surface area (Å²) in [6.07, 6.45) is 0. The molecule has 1 heterocycles. The first kappa shape index (κ1) is 13.1. The lowest BCUT2D eigenvalue weighted by Crippen LogP contribution is -2.18. The molecule has 102 valence electrons. The van der Waals surface area contributed by atoms with Crippen LogP contribution in [-0.4, -0.2) is 16.8 Å². The van der Waals surface area contributed by atoms with E-state index in [1.165, 1.54) is 11.1 Å². The van der Waals surface area contributed by atoms with Crippen LogP contribution in [0.4, 0.5) is 5.69 Å². The summed E-state index contributed by atoms with van der Waals surface area (Å²) < 4.78 is 0. The van der Waals surface area contributed by atoms with Crippen LogP contribution in [0.3, 0.4) is 0 Å². The van der Waals surface area contributed by atoms with Gasteiger partial charge < -0.3 is 10.4 Å². The molecule has 2 aromatic carbocycles. The van der Waals surface area contributed by atoms with Crippen LogP contribution in [0.1, 0.15) is 27.5 Å². The second-order valence-corrected chi connectivity index (χ2v) is 5.82. The first-order valence-corrected chi connectivity index (χ1v) is 7.65. The molecule has 0 radical (unpaired) electrons. The number of hydrogen-bond donors (Lipinski definition) is 2. The highest BCUT2D eigenvalue weighted by Crippen LogP contribution is 2.33. The van der Waals surface area contributed by atoms with Gasteiger partial charge in [0.15, 0.2) is 0 Å². The zero-order valence-electron chi connectivity index (χ0n) is 10.9. The summed E-state index contributed by atoms with van der Waals surface area (Å²) in [5.41, 5.74) is 3.99. The summed E-state index contributed by atoms with van der Waals surface area (Å²) in [6.45, 7) is 0. The fourth-order valence-electron chi connectivity index (χ4n) is 2.41. The van der Waals surface area contributed by atoms with Crippen molar-refractivity contribution in [3.05, 3.63) is 65.2 Å². The highest BCUT2D eigenvalue weighted by Gasteiger charge is 2.19. The Hall–Kier alpha value is -1.94. The standard InChI is InChI=1S/C16H15NO2S/c18-16(19)11-5-7-13(8-6-11)17-15-10-20-9-12-3-1-2-4-14(12)15/h1-8,15,17H,9-10H2,(H,18,19). The van der Waals surface area contributed by atoms with Gasteiger partial charge >= 0.3 is 5.97 Å². The average Bonchev–Trinajstić information content (AvgIpc) is 2.48. The number of anilines is 1. The van der Waals surface area contributed by atoms with Crippen LogP contribution in [0.2, 0.25) is 0 Å². The Kier molecular flexibility index (Phi) is 3.65. The third kappa shape index (κ3) is 2.65. The summed E-state index contributed by atoms with van der Waals surface area (Å²) in [5.74, 6) is 1.19. The quantitative estimate of drug-likeness (QED) is 0.901. The first-order chi connectivity index (χ1) is 9.74.